The summed E-state index contributed by atoms with van der Waals surface area (Å²) in [6.45, 7) is 4.35. The van der Waals surface area contributed by atoms with Crippen molar-refractivity contribution in [2.45, 2.75) is 19.8 Å². The van der Waals surface area contributed by atoms with Gasteiger partial charge in [0.1, 0.15) is 0 Å². The fourth-order valence-electron chi connectivity index (χ4n) is 0.966. The number of hydrogen-bond acceptors (Lipinski definition) is 0. The molecule has 0 aromatic heterocycles. The minimum Gasteiger partial charge on any atom is -0.0832 e. The highest BCUT2D eigenvalue weighted by Gasteiger charge is 2.05. The fraction of sp³-hybridized carbons (Fsp3) is 0.333. The van der Waals surface area contributed by atoms with Crippen molar-refractivity contribution in [3.8, 4) is 0 Å². The monoisotopic (exact) mass is 280 g/mol. The van der Waals surface area contributed by atoms with E-state index in [1.807, 2.05) is 12.1 Å². The van der Waals surface area contributed by atoms with E-state index in [-0.39, 0.29) is 0 Å². The summed E-state index contributed by atoms with van der Waals surface area (Å²) in [6.07, 6.45) is 0. The highest BCUT2D eigenvalue weighted by Crippen LogP contribution is 2.26. The summed E-state index contributed by atoms with van der Waals surface area (Å²) in [6, 6.07) is 6.05. The van der Waals surface area contributed by atoms with E-state index >= 15 is 0 Å². The van der Waals surface area contributed by atoms with Crippen LogP contribution in [-0.2, 0) is 0 Å². The Labute approximate surface area is 86.1 Å². The molecule has 0 bridgehead atoms. The molecule has 0 unspecified atom stereocenters. The molecular formula is C9H10ClI. The van der Waals surface area contributed by atoms with E-state index in [9.17, 15) is 0 Å². The molecule has 0 aliphatic heterocycles. The molecule has 1 aromatic rings. The molecule has 0 atom stereocenters. The van der Waals surface area contributed by atoms with Crippen molar-refractivity contribution in [3.63, 3.8) is 0 Å². The smallest absolute Gasteiger partial charge is 0.0542 e. The van der Waals surface area contributed by atoms with Crippen LogP contribution in [0.2, 0.25) is 5.02 Å². The van der Waals surface area contributed by atoms with Gasteiger partial charge in [-0.2, -0.15) is 0 Å². The third-order valence-electron chi connectivity index (χ3n) is 1.60. The van der Waals surface area contributed by atoms with Gasteiger partial charge < -0.3 is 0 Å². The van der Waals surface area contributed by atoms with E-state index in [1.165, 1.54) is 9.13 Å². The lowest BCUT2D eigenvalue weighted by Crippen LogP contribution is -1.91. The maximum atomic E-state index is 5.95. The summed E-state index contributed by atoms with van der Waals surface area (Å²) >= 11 is 8.24. The summed E-state index contributed by atoms with van der Waals surface area (Å²) in [5, 5.41) is 0.858. The molecule has 0 aliphatic rings. The average molecular weight is 281 g/mol. The highest BCUT2D eigenvalue weighted by molar-refractivity contribution is 14.1. The Balaban J connectivity index is 3.17. The van der Waals surface area contributed by atoms with E-state index in [0.717, 1.165) is 5.02 Å². The van der Waals surface area contributed by atoms with Crippen molar-refractivity contribution in [1.82, 2.24) is 0 Å². The maximum Gasteiger partial charge on any atom is 0.0542 e. The Morgan fingerprint density at radius 1 is 1.36 bits per heavy atom. The molecule has 0 aliphatic carbocycles. The molecule has 2 heteroatoms. The lowest BCUT2D eigenvalue weighted by atomic mass is 10.0. The van der Waals surface area contributed by atoms with Crippen LogP contribution in [0.25, 0.3) is 0 Å². The average Bonchev–Trinajstić information content (AvgIpc) is 1.94. The first-order chi connectivity index (χ1) is 5.13. The van der Waals surface area contributed by atoms with Crippen LogP contribution in [0.3, 0.4) is 0 Å². The minimum absolute atomic E-state index is 0.556. The maximum absolute atomic E-state index is 5.95. The fourth-order valence-corrected chi connectivity index (χ4v) is 2.13. The molecule has 0 heterocycles. The lowest BCUT2D eigenvalue weighted by molar-refractivity contribution is 0.860. The van der Waals surface area contributed by atoms with Gasteiger partial charge in [0, 0.05) is 3.57 Å². The second kappa shape index (κ2) is 3.76. The summed E-state index contributed by atoms with van der Waals surface area (Å²) in [4.78, 5) is 0. The van der Waals surface area contributed by atoms with E-state index in [1.54, 1.807) is 0 Å². The summed E-state index contributed by atoms with van der Waals surface area (Å²) < 4.78 is 1.18. The van der Waals surface area contributed by atoms with Crippen LogP contribution in [-0.4, -0.2) is 0 Å². The van der Waals surface area contributed by atoms with Crippen molar-refractivity contribution >= 4 is 34.2 Å². The van der Waals surface area contributed by atoms with Gasteiger partial charge >= 0.3 is 0 Å². The first kappa shape index (κ1) is 9.33. The number of benzene rings is 1. The van der Waals surface area contributed by atoms with Gasteiger partial charge in [0.2, 0.25) is 0 Å². The van der Waals surface area contributed by atoms with Gasteiger partial charge in [0.05, 0.1) is 5.02 Å². The molecule has 11 heavy (non-hydrogen) atoms. The van der Waals surface area contributed by atoms with Crippen LogP contribution in [0, 0.1) is 3.57 Å². The first-order valence-corrected chi connectivity index (χ1v) is 5.02. The zero-order valence-electron chi connectivity index (χ0n) is 6.57. The van der Waals surface area contributed by atoms with Crippen molar-refractivity contribution in [2.24, 2.45) is 0 Å². The van der Waals surface area contributed by atoms with Gasteiger partial charge in [-0.05, 0) is 40.1 Å². The second-order valence-corrected chi connectivity index (χ2v) is 4.28. The van der Waals surface area contributed by atoms with Crippen LogP contribution < -0.4 is 0 Å². The molecule has 0 amide bonds. The van der Waals surface area contributed by atoms with Crippen LogP contribution in [0.4, 0.5) is 0 Å². The molecule has 1 aromatic carbocycles. The molecule has 0 N–H and O–H groups in total. The van der Waals surface area contributed by atoms with Gasteiger partial charge in [0.25, 0.3) is 0 Å². The molecule has 60 valence electrons. The molecule has 0 radical (unpaired) electrons. The minimum atomic E-state index is 0.556. The highest BCUT2D eigenvalue weighted by atomic mass is 127. The quantitative estimate of drug-likeness (QED) is 0.680. The van der Waals surface area contributed by atoms with Gasteiger partial charge in [-0.15, -0.1) is 0 Å². The van der Waals surface area contributed by atoms with Crippen molar-refractivity contribution in [3.05, 3.63) is 32.4 Å². The van der Waals surface area contributed by atoms with E-state index < -0.39 is 0 Å². The Hall–Kier alpha value is 0.240. The predicted molar refractivity (Wildman–Crippen MR) is 58.3 cm³/mol. The summed E-state index contributed by atoms with van der Waals surface area (Å²) in [5.41, 5.74) is 1.33. The van der Waals surface area contributed by atoms with Gasteiger partial charge in [-0.3, -0.25) is 0 Å². The van der Waals surface area contributed by atoms with Crippen LogP contribution >= 0.6 is 34.2 Å². The predicted octanol–water partition coefficient (Wildman–Crippen LogP) is 4.07. The lowest BCUT2D eigenvalue weighted by Gasteiger charge is -2.08. The summed E-state index contributed by atoms with van der Waals surface area (Å²) in [7, 11) is 0. The Kier molecular flexibility index (Phi) is 3.19. The molecule has 0 saturated carbocycles. The van der Waals surface area contributed by atoms with E-state index in [0.29, 0.717) is 5.92 Å². The van der Waals surface area contributed by atoms with E-state index in [4.69, 9.17) is 11.6 Å². The topological polar surface area (TPSA) is 0 Å². The number of rotatable bonds is 1. The second-order valence-electron chi connectivity index (χ2n) is 2.80. The van der Waals surface area contributed by atoms with Gasteiger partial charge in [-0.25, -0.2) is 0 Å². The number of halogens is 2. The van der Waals surface area contributed by atoms with Crippen molar-refractivity contribution in [2.75, 3.05) is 0 Å². The molecule has 1 rings (SSSR count). The SMILES string of the molecule is CC(C)c1cccc(Cl)c1I. The summed E-state index contributed by atoms with van der Waals surface area (Å²) in [5.74, 6) is 0.556. The molecule has 0 fully saturated rings. The van der Waals surface area contributed by atoms with Crippen molar-refractivity contribution < 1.29 is 0 Å². The van der Waals surface area contributed by atoms with Gasteiger partial charge in [0.15, 0.2) is 0 Å². The zero-order chi connectivity index (χ0) is 8.43. The number of hydrogen-bond donors (Lipinski definition) is 0. The zero-order valence-corrected chi connectivity index (χ0v) is 9.48. The Morgan fingerprint density at radius 3 is 2.45 bits per heavy atom. The van der Waals surface area contributed by atoms with Crippen LogP contribution in [0.1, 0.15) is 25.3 Å². The normalized spacial score (nSPS) is 10.6. The molecule has 0 spiro atoms. The Morgan fingerprint density at radius 2 is 2.00 bits per heavy atom. The van der Waals surface area contributed by atoms with Crippen LogP contribution in [0.15, 0.2) is 18.2 Å². The van der Waals surface area contributed by atoms with Gasteiger partial charge in [-0.1, -0.05) is 37.6 Å². The van der Waals surface area contributed by atoms with E-state index in [2.05, 4.69) is 42.5 Å². The molecule has 0 saturated heterocycles. The third-order valence-corrected chi connectivity index (χ3v) is 3.44. The standard InChI is InChI=1S/C9H10ClI/c1-6(2)7-4-3-5-8(10)9(7)11/h3-6H,1-2H3. The molecule has 0 nitrogen and oxygen atoms in total. The molecular weight excluding hydrogens is 270 g/mol. The largest absolute Gasteiger partial charge is 0.0832 e. The third kappa shape index (κ3) is 2.09. The van der Waals surface area contributed by atoms with Crippen molar-refractivity contribution in [1.29, 1.82) is 0 Å². The first-order valence-electron chi connectivity index (χ1n) is 3.57. The van der Waals surface area contributed by atoms with Crippen LogP contribution in [0.5, 0.6) is 0 Å². The Bertz CT molecular complexity index is 256.